The Morgan fingerprint density at radius 2 is 2.20 bits per heavy atom. The van der Waals surface area contributed by atoms with Crippen molar-refractivity contribution >= 4 is 57.5 Å². The molecule has 1 aromatic heterocycles. The van der Waals surface area contributed by atoms with Gasteiger partial charge in [-0.2, -0.15) is 0 Å². The Bertz CT molecular complexity index is 780. The molecule has 3 rings (SSSR count). The average Bonchev–Trinajstić information content (AvgIpc) is 2.95. The largest absolute Gasteiger partial charge is 0.302 e. The zero-order chi connectivity index (χ0) is 17.8. The number of rotatable bonds is 5. The lowest BCUT2D eigenvalue weighted by Gasteiger charge is -2.21. The van der Waals surface area contributed by atoms with Crippen molar-refractivity contribution in [3.63, 3.8) is 0 Å². The molecule has 0 aliphatic carbocycles. The highest BCUT2D eigenvalue weighted by Crippen LogP contribution is 2.37. The molecular weight excluding hydrogens is 376 g/mol. The van der Waals surface area contributed by atoms with Crippen molar-refractivity contribution in [1.29, 1.82) is 0 Å². The van der Waals surface area contributed by atoms with Crippen molar-refractivity contribution in [2.45, 2.75) is 34.8 Å². The number of hydrogen-bond donors (Lipinski definition) is 1. The van der Waals surface area contributed by atoms with Crippen LogP contribution in [0.4, 0.5) is 10.8 Å². The molecule has 0 bridgehead atoms. The van der Waals surface area contributed by atoms with E-state index in [0.29, 0.717) is 11.6 Å². The number of fused-ring (bicyclic) bond motifs is 1. The number of amides is 2. The van der Waals surface area contributed by atoms with Gasteiger partial charge in [-0.3, -0.25) is 14.9 Å². The molecule has 2 aromatic rings. The van der Waals surface area contributed by atoms with E-state index < -0.39 is 0 Å². The number of para-hydroxylation sites is 1. The third-order valence-electron chi connectivity index (χ3n) is 3.47. The molecule has 1 aliphatic rings. The topological polar surface area (TPSA) is 75.2 Å². The van der Waals surface area contributed by atoms with E-state index in [1.165, 1.54) is 11.3 Å². The Morgan fingerprint density at radius 1 is 1.40 bits per heavy atom. The summed E-state index contributed by atoms with van der Waals surface area (Å²) in [6.07, 6.45) is 0.405. The number of nitrogens with zero attached hydrogens (tertiary/aromatic N) is 3. The first-order chi connectivity index (χ1) is 12.1. The number of thioether (sulfide) groups is 2. The fraction of sp³-hybridized carbons (Fsp3) is 0.375. The maximum Gasteiger partial charge on any atom is 0.246 e. The van der Waals surface area contributed by atoms with Crippen molar-refractivity contribution in [3.05, 3.63) is 24.3 Å². The number of carbonyl (C=O) groups excluding carboxylic acids is 2. The number of aromatic nitrogens is 2. The van der Waals surface area contributed by atoms with Crippen LogP contribution < -0.4 is 10.2 Å². The van der Waals surface area contributed by atoms with Gasteiger partial charge in [-0.05, 0) is 17.9 Å². The summed E-state index contributed by atoms with van der Waals surface area (Å²) in [6.45, 7) is 4.03. The molecule has 0 fully saturated rings. The predicted octanol–water partition coefficient (Wildman–Crippen LogP) is 3.51. The number of anilines is 2. The monoisotopic (exact) mass is 394 g/mol. The van der Waals surface area contributed by atoms with Gasteiger partial charge in [0.15, 0.2) is 4.34 Å². The Hall–Kier alpha value is -1.58. The van der Waals surface area contributed by atoms with Crippen LogP contribution in [0.1, 0.15) is 20.3 Å². The van der Waals surface area contributed by atoms with Gasteiger partial charge in [-0.15, -0.1) is 22.0 Å². The Balaban J connectivity index is 1.73. The molecule has 1 aromatic carbocycles. The minimum atomic E-state index is -0.271. The Kier molecular flexibility index (Phi) is 5.98. The van der Waals surface area contributed by atoms with Gasteiger partial charge in [-0.25, -0.2) is 0 Å². The van der Waals surface area contributed by atoms with E-state index in [1.54, 1.807) is 28.4 Å². The van der Waals surface area contributed by atoms with Crippen LogP contribution in [0, 0.1) is 0 Å². The van der Waals surface area contributed by atoms with Crippen LogP contribution in [0.15, 0.2) is 33.5 Å². The first-order valence-electron chi connectivity index (χ1n) is 7.89. The van der Waals surface area contributed by atoms with Crippen molar-refractivity contribution in [2.24, 2.45) is 0 Å². The highest BCUT2D eigenvalue weighted by molar-refractivity contribution is 8.01. The number of hydrogen-bond acceptors (Lipinski definition) is 7. The quantitative estimate of drug-likeness (QED) is 0.618. The molecule has 9 heteroatoms. The van der Waals surface area contributed by atoms with Crippen molar-refractivity contribution < 1.29 is 9.59 Å². The van der Waals surface area contributed by atoms with Crippen LogP contribution in [0.2, 0.25) is 0 Å². The summed E-state index contributed by atoms with van der Waals surface area (Å²) in [5, 5.41) is 11.4. The van der Waals surface area contributed by atoms with E-state index in [0.717, 1.165) is 20.7 Å². The molecule has 0 radical (unpaired) electrons. The highest BCUT2D eigenvalue weighted by Gasteiger charge is 2.27. The summed E-state index contributed by atoms with van der Waals surface area (Å²) in [5.74, 6) is 0.587. The second kappa shape index (κ2) is 8.20. The Labute approximate surface area is 158 Å². The molecule has 2 heterocycles. The predicted molar refractivity (Wildman–Crippen MR) is 104 cm³/mol. The molecule has 0 saturated carbocycles. The molecule has 1 unspecified atom stereocenters. The van der Waals surface area contributed by atoms with Gasteiger partial charge in [0, 0.05) is 16.6 Å². The van der Waals surface area contributed by atoms with Gasteiger partial charge >= 0.3 is 0 Å². The lowest BCUT2D eigenvalue weighted by atomic mass is 10.2. The maximum absolute atomic E-state index is 12.6. The standard InChI is InChI=1S/C16H18N4O2S3/c1-3-23-16-19-18-15(25-16)17-13(21)9-20-11-6-4-5-7-12(11)24-10(2)8-14(20)22/h4-7,10H,3,8-9H2,1-2H3,(H,17,18,21). The summed E-state index contributed by atoms with van der Waals surface area (Å²) in [5.41, 5.74) is 0.788. The van der Waals surface area contributed by atoms with Crippen LogP contribution in [0.5, 0.6) is 0 Å². The second-order valence-corrected chi connectivity index (χ2v) is 9.40. The molecule has 6 nitrogen and oxygen atoms in total. The van der Waals surface area contributed by atoms with E-state index in [4.69, 9.17) is 0 Å². The van der Waals surface area contributed by atoms with Crippen LogP contribution in [0.25, 0.3) is 0 Å². The summed E-state index contributed by atoms with van der Waals surface area (Å²) >= 11 is 4.58. The fourth-order valence-corrected chi connectivity index (χ4v) is 5.23. The molecule has 0 spiro atoms. The van der Waals surface area contributed by atoms with Gasteiger partial charge in [0.2, 0.25) is 16.9 Å². The smallest absolute Gasteiger partial charge is 0.246 e. The lowest BCUT2D eigenvalue weighted by Crippen LogP contribution is -2.38. The summed E-state index contributed by atoms with van der Waals surface area (Å²) in [7, 11) is 0. The first kappa shape index (κ1) is 18.2. The van der Waals surface area contributed by atoms with E-state index in [2.05, 4.69) is 15.5 Å². The molecule has 0 saturated heterocycles. The van der Waals surface area contributed by atoms with Crippen LogP contribution in [-0.4, -0.2) is 39.6 Å². The lowest BCUT2D eigenvalue weighted by molar-refractivity contribution is -0.121. The van der Waals surface area contributed by atoms with E-state index >= 15 is 0 Å². The highest BCUT2D eigenvalue weighted by atomic mass is 32.2. The van der Waals surface area contributed by atoms with E-state index in [1.807, 2.05) is 38.1 Å². The van der Waals surface area contributed by atoms with Gasteiger partial charge in [0.1, 0.15) is 6.54 Å². The average molecular weight is 395 g/mol. The van der Waals surface area contributed by atoms with Crippen LogP contribution in [-0.2, 0) is 9.59 Å². The van der Waals surface area contributed by atoms with Gasteiger partial charge in [0.25, 0.3) is 0 Å². The first-order valence-corrected chi connectivity index (χ1v) is 10.6. The normalized spacial score (nSPS) is 17.1. The van der Waals surface area contributed by atoms with Gasteiger partial charge in [-0.1, -0.05) is 49.1 Å². The molecule has 1 N–H and O–H groups in total. The number of nitrogens with one attached hydrogen (secondary N) is 1. The summed E-state index contributed by atoms with van der Waals surface area (Å²) < 4.78 is 0.819. The summed E-state index contributed by atoms with van der Waals surface area (Å²) in [4.78, 5) is 27.6. The van der Waals surface area contributed by atoms with E-state index in [9.17, 15) is 9.59 Å². The second-order valence-electron chi connectivity index (χ2n) is 5.43. The van der Waals surface area contributed by atoms with E-state index in [-0.39, 0.29) is 23.6 Å². The summed E-state index contributed by atoms with van der Waals surface area (Å²) in [6, 6.07) is 7.69. The zero-order valence-electron chi connectivity index (χ0n) is 13.9. The van der Waals surface area contributed by atoms with Crippen LogP contribution in [0.3, 0.4) is 0 Å². The molecule has 1 aliphatic heterocycles. The van der Waals surface area contributed by atoms with Crippen molar-refractivity contribution in [3.8, 4) is 0 Å². The third kappa shape index (κ3) is 4.53. The zero-order valence-corrected chi connectivity index (χ0v) is 16.3. The third-order valence-corrected chi connectivity index (χ3v) is 6.49. The number of benzene rings is 1. The molecule has 132 valence electrons. The molecule has 2 amide bonds. The fourth-order valence-electron chi connectivity index (χ4n) is 2.45. The minimum absolute atomic E-state index is 0.0288. The molecule has 25 heavy (non-hydrogen) atoms. The number of carbonyl (C=O) groups is 2. The molecule has 1 atom stereocenters. The van der Waals surface area contributed by atoms with Crippen molar-refractivity contribution in [1.82, 2.24) is 10.2 Å². The minimum Gasteiger partial charge on any atom is -0.302 e. The van der Waals surface area contributed by atoms with Gasteiger partial charge in [0.05, 0.1) is 5.69 Å². The Morgan fingerprint density at radius 3 is 3.00 bits per heavy atom. The van der Waals surface area contributed by atoms with Crippen molar-refractivity contribution in [2.75, 3.05) is 22.5 Å². The SMILES string of the molecule is CCSc1nnc(NC(=O)CN2C(=O)CC(C)Sc3ccccc32)s1. The van der Waals surface area contributed by atoms with Gasteiger partial charge < -0.3 is 4.90 Å². The molecular formula is C16H18N4O2S3. The maximum atomic E-state index is 12.6. The van der Waals surface area contributed by atoms with Crippen LogP contribution >= 0.6 is 34.9 Å².